The van der Waals surface area contributed by atoms with E-state index in [1.807, 2.05) is 0 Å². The molecule has 27 heavy (non-hydrogen) atoms. The number of piperidine rings is 1. The first-order valence-electron chi connectivity index (χ1n) is 9.83. The van der Waals surface area contributed by atoms with Crippen molar-refractivity contribution < 1.29 is 14.4 Å². The molecule has 0 radical (unpaired) electrons. The van der Waals surface area contributed by atoms with Crippen LogP contribution < -0.4 is 10.6 Å². The Hall–Kier alpha value is -2.21. The fraction of sp³-hybridized carbons (Fsp3) is 0.571. The van der Waals surface area contributed by atoms with Crippen LogP contribution in [0, 0.1) is 17.3 Å². The van der Waals surface area contributed by atoms with Gasteiger partial charge in [-0.2, -0.15) is 0 Å². The average molecular weight is 369 g/mol. The molecule has 2 N–H and O–H groups in total. The molecule has 2 amide bonds. The van der Waals surface area contributed by atoms with Crippen molar-refractivity contribution in [1.82, 2.24) is 10.2 Å². The molecule has 6 heteroatoms. The monoisotopic (exact) mass is 369 g/mol. The molecule has 1 aromatic carbocycles. The summed E-state index contributed by atoms with van der Waals surface area (Å²) in [4.78, 5) is 41.1. The van der Waals surface area contributed by atoms with Crippen molar-refractivity contribution in [3.63, 3.8) is 0 Å². The quantitative estimate of drug-likeness (QED) is 0.855. The van der Waals surface area contributed by atoms with Crippen molar-refractivity contribution in [3.8, 4) is 0 Å². The summed E-state index contributed by atoms with van der Waals surface area (Å²) in [6, 6.07) is 7.66. The third kappa shape index (κ3) is 2.87. The van der Waals surface area contributed by atoms with Crippen LogP contribution in [0.1, 0.15) is 44.0 Å². The minimum Gasteiger partial charge on any atom is -0.353 e. The summed E-state index contributed by atoms with van der Waals surface area (Å²) in [6.45, 7) is 8.04. The van der Waals surface area contributed by atoms with Crippen LogP contribution in [-0.2, 0) is 9.59 Å². The van der Waals surface area contributed by atoms with Crippen molar-refractivity contribution in [1.29, 1.82) is 0 Å². The minimum absolute atomic E-state index is 0.115. The van der Waals surface area contributed by atoms with Gasteiger partial charge in [0, 0.05) is 30.7 Å². The van der Waals surface area contributed by atoms with E-state index in [0.717, 1.165) is 25.9 Å². The van der Waals surface area contributed by atoms with Crippen molar-refractivity contribution >= 4 is 23.3 Å². The third-order valence-corrected chi connectivity index (χ3v) is 6.61. The summed E-state index contributed by atoms with van der Waals surface area (Å²) >= 11 is 0. The number of ketones is 1. The van der Waals surface area contributed by atoms with Gasteiger partial charge in [-0.15, -0.1) is 0 Å². The lowest BCUT2D eigenvalue weighted by molar-refractivity contribution is -0.126. The summed E-state index contributed by atoms with van der Waals surface area (Å²) in [6.07, 6.45) is 1.81. The zero-order valence-corrected chi connectivity index (χ0v) is 16.1. The molecule has 0 bridgehead atoms. The molecular weight excluding hydrogens is 342 g/mol. The van der Waals surface area contributed by atoms with E-state index in [9.17, 15) is 14.4 Å². The first-order valence-corrected chi connectivity index (χ1v) is 9.83. The highest BCUT2D eigenvalue weighted by molar-refractivity contribution is 6.19. The normalized spacial score (nSPS) is 31.0. The highest BCUT2D eigenvalue weighted by Gasteiger charge is 2.73. The van der Waals surface area contributed by atoms with Crippen LogP contribution in [0.3, 0.4) is 0 Å². The van der Waals surface area contributed by atoms with Crippen LogP contribution in [0.25, 0.3) is 0 Å². The highest BCUT2D eigenvalue weighted by atomic mass is 16.2. The van der Waals surface area contributed by atoms with Crippen molar-refractivity contribution in [2.24, 2.45) is 17.3 Å². The fourth-order valence-corrected chi connectivity index (χ4v) is 4.78. The van der Waals surface area contributed by atoms with Crippen LogP contribution in [0.4, 0.5) is 5.69 Å². The minimum atomic E-state index is -0.945. The number of fused-ring (bicyclic) bond motifs is 2. The van der Waals surface area contributed by atoms with E-state index >= 15 is 0 Å². The first-order chi connectivity index (χ1) is 12.8. The fourth-order valence-electron chi connectivity index (χ4n) is 4.78. The van der Waals surface area contributed by atoms with E-state index in [2.05, 4.69) is 29.4 Å². The predicted octanol–water partition coefficient (Wildman–Crippen LogP) is 2.06. The molecule has 144 valence electrons. The van der Waals surface area contributed by atoms with Crippen molar-refractivity contribution in [3.05, 3.63) is 29.8 Å². The summed E-state index contributed by atoms with van der Waals surface area (Å²) in [7, 11) is 0. The van der Waals surface area contributed by atoms with Gasteiger partial charge < -0.3 is 15.5 Å². The molecule has 6 nitrogen and oxygen atoms in total. The molecule has 2 fully saturated rings. The number of nitrogens with one attached hydrogen (secondary N) is 2. The second kappa shape index (κ2) is 6.44. The highest BCUT2D eigenvalue weighted by Crippen LogP contribution is 2.62. The lowest BCUT2D eigenvalue weighted by Gasteiger charge is -2.35. The number of hydrogen-bond donors (Lipinski definition) is 2. The zero-order valence-electron chi connectivity index (χ0n) is 16.1. The Labute approximate surface area is 159 Å². The summed E-state index contributed by atoms with van der Waals surface area (Å²) < 4.78 is 0. The molecular formula is C21H27N3O3. The van der Waals surface area contributed by atoms with Gasteiger partial charge >= 0.3 is 0 Å². The van der Waals surface area contributed by atoms with Gasteiger partial charge in [0.2, 0.25) is 11.8 Å². The smallest absolute Gasteiger partial charge is 0.229 e. The summed E-state index contributed by atoms with van der Waals surface area (Å²) in [5, 5.41) is 5.94. The van der Waals surface area contributed by atoms with Crippen LogP contribution in [0.15, 0.2) is 24.3 Å². The molecule has 2 aliphatic heterocycles. The van der Waals surface area contributed by atoms with Crippen molar-refractivity contribution in [2.45, 2.75) is 45.7 Å². The maximum Gasteiger partial charge on any atom is 0.229 e. The Morgan fingerprint density at radius 1 is 1.22 bits per heavy atom. The maximum absolute atomic E-state index is 13.1. The summed E-state index contributed by atoms with van der Waals surface area (Å²) in [5.74, 6) is -1.68. The van der Waals surface area contributed by atoms with Gasteiger partial charge in [0.15, 0.2) is 5.78 Å². The predicted molar refractivity (Wildman–Crippen MR) is 102 cm³/mol. The second-order valence-corrected chi connectivity index (χ2v) is 8.51. The summed E-state index contributed by atoms with van der Waals surface area (Å²) in [5.41, 5.74) is 0.0943. The molecule has 1 aliphatic carbocycles. The number of Topliss-reactive ketones (excluding diaryl/α,β-unsaturated/α-hetero) is 1. The van der Waals surface area contributed by atoms with E-state index in [-0.39, 0.29) is 23.6 Å². The molecule has 0 aromatic heterocycles. The molecule has 0 unspecified atom stereocenters. The molecule has 2 heterocycles. The number of hydrogen-bond acceptors (Lipinski definition) is 4. The molecule has 4 rings (SSSR count). The number of likely N-dealkylation sites (tertiary alicyclic amines) is 1. The van der Waals surface area contributed by atoms with Gasteiger partial charge in [-0.1, -0.05) is 19.1 Å². The number of benzene rings is 1. The van der Waals surface area contributed by atoms with Gasteiger partial charge in [0.1, 0.15) is 0 Å². The zero-order chi connectivity index (χ0) is 19.3. The lowest BCUT2D eigenvalue weighted by atomic mass is 9.92. The van der Waals surface area contributed by atoms with Crippen LogP contribution in [0.2, 0.25) is 0 Å². The topological polar surface area (TPSA) is 78.5 Å². The third-order valence-electron chi connectivity index (χ3n) is 6.61. The molecule has 0 spiro atoms. The van der Waals surface area contributed by atoms with Gasteiger partial charge in [0.25, 0.3) is 0 Å². The molecule has 3 aliphatic rings. The van der Waals surface area contributed by atoms with E-state index < -0.39 is 17.3 Å². The first kappa shape index (κ1) is 18.2. The number of amides is 2. The second-order valence-electron chi connectivity index (χ2n) is 8.51. The number of carbonyl (C=O) groups is 3. The van der Waals surface area contributed by atoms with Crippen LogP contribution in [0.5, 0.6) is 0 Å². The maximum atomic E-state index is 13.1. The molecule has 1 saturated heterocycles. The Balaban J connectivity index is 1.48. The van der Waals surface area contributed by atoms with Crippen LogP contribution in [-0.4, -0.2) is 47.7 Å². The molecule has 1 aromatic rings. The Kier molecular flexibility index (Phi) is 4.34. The Morgan fingerprint density at radius 3 is 2.56 bits per heavy atom. The van der Waals surface area contributed by atoms with E-state index in [4.69, 9.17) is 0 Å². The number of para-hydroxylation sites is 1. The van der Waals surface area contributed by atoms with Gasteiger partial charge in [0.05, 0.1) is 22.9 Å². The number of rotatable bonds is 3. The van der Waals surface area contributed by atoms with E-state index in [1.54, 1.807) is 31.2 Å². The Bertz CT molecular complexity index is 798. The Morgan fingerprint density at radius 2 is 1.89 bits per heavy atom. The van der Waals surface area contributed by atoms with Crippen LogP contribution >= 0.6 is 0 Å². The molecule has 1 saturated carbocycles. The average Bonchev–Trinajstić information content (AvgIpc) is 3.30. The van der Waals surface area contributed by atoms with E-state index in [1.165, 1.54) is 0 Å². The SMILES string of the molecule is CC(C)N1CCC(NC(=O)[C@@H]2[C@H]3C(=O)Nc4ccccc4C(=O)[C@@]32C)CC1. The van der Waals surface area contributed by atoms with E-state index in [0.29, 0.717) is 17.3 Å². The number of anilines is 1. The van der Waals surface area contributed by atoms with Gasteiger partial charge in [-0.25, -0.2) is 0 Å². The van der Waals surface area contributed by atoms with Gasteiger partial charge in [-0.3, -0.25) is 14.4 Å². The number of carbonyl (C=O) groups excluding carboxylic acids is 3. The molecule has 3 atom stereocenters. The number of nitrogens with zero attached hydrogens (tertiary/aromatic N) is 1. The van der Waals surface area contributed by atoms with Crippen molar-refractivity contribution in [2.75, 3.05) is 18.4 Å². The largest absolute Gasteiger partial charge is 0.353 e. The van der Waals surface area contributed by atoms with Gasteiger partial charge in [-0.05, 0) is 38.8 Å². The standard InChI is InChI=1S/C21H27N3O3/c1-12(2)24-10-8-13(9-11-24)22-19(26)16-17-20(27)23-15-7-5-4-6-14(15)18(25)21(16,17)3/h4-7,12-13,16-17H,8-11H2,1-3H3,(H,22,26)(H,23,27)/t16-,17-,21+/m0/s1. The lowest BCUT2D eigenvalue weighted by Crippen LogP contribution is -2.47.